The molecule has 104 valence electrons. The minimum absolute atomic E-state index is 0.124. The molecule has 19 heavy (non-hydrogen) atoms. The first-order valence-corrected chi connectivity index (χ1v) is 7.27. The average molecular weight is 300 g/mol. The van der Waals surface area contributed by atoms with Gasteiger partial charge in [0.25, 0.3) is 5.91 Å². The van der Waals surface area contributed by atoms with Crippen LogP contribution < -0.4 is 0 Å². The van der Waals surface area contributed by atoms with E-state index in [0.29, 0.717) is 15.5 Å². The lowest BCUT2D eigenvalue weighted by molar-refractivity contribution is 0.0268. The Morgan fingerprint density at radius 2 is 2.11 bits per heavy atom. The molecule has 2 rings (SSSR count). The maximum absolute atomic E-state index is 12.5. The predicted molar refractivity (Wildman–Crippen MR) is 79.1 cm³/mol. The van der Waals surface area contributed by atoms with Gasteiger partial charge in [0.2, 0.25) is 0 Å². The summed E-state index contributed by atoms with van der Waals surface area (Å²) in [6.07, 6.45) is 3.21. The van der Waals surface area contributed by atoms with E-state index in [4.69, 9.17) is 11.6 Å². The van der Waals surface area contributed by atoms with Crippen molar-refractivity contribution in [2.24, 2.45) is 0 Å². The van der Waals surface area contributed by atoms with Crippen LogP contribution in [0.5, 0.6) is 0 Å². The summed E-state index contributed by atoms with van der Waals surface area (Å²) in [5, 5.41) is 10.4. The first kappa shape index (κ1) is 14.7. The number of carbonyl (C=O) groups is 1. The first-order chi connectivity index (χ1) is 9.00. The molecule has 1 aliphatic rings. The first-order valence-electron chi connectivity index (χ1n) is 6.44. The summed E-state index contributed by atoms with van der Waals surface area (Å²) >= 11 is 10.3. The number of hydrogen-bond acceptors (Lipinski definition) is 3. The molecule has 0 aliphatic heterocycles. The Kier molecular flexibility index (Phi) is 4.76. The molecular weight excluding hydrogens is 282 g/mol. The Balaban J connectivity index is 2.20. The second kappa shape index (κ2) is 6.16. The highest BCUT2D eigenvalue weighted by Gasteiger charge is 2.30. The number of thiol groups is 1. The van der Waals surface area contributed by atoms with Gasteiger partial charge in [0.1, 0.15) is 0 Å². The van der Waals surface area contributed by atoms with Crippen molar-refractivity contribution in [3.8, 4) is 0 Å². The summed E-state index contributed by atoms with van der Waals surface area (Å²) in [5.74, 6) is -0.160. The molecule has 0 aromatic heterocycles. The molecule has 1 saturated carbocycles. The van der Waals surface area contributed by atoms with Crippen LogP contribution in [0.2, 0.25) is 5.02 Å². The molecular formula is C14H18ClNO2S. The van der Waals surface area contributed by atoms with Gasteiger partial charge in [-0.2, -0.15) is 0 Å². The monoisotopic (exact) mass is 299 g/mol. The van der Waals surface area contributed by atoms with Gasteiger partial charge in [0.15, 0.2) is 0 Å². The summed E-state index contributed by atoms with van der Waals surface area (Å²) in [6, 6.07) is 4.96. The quantitative estimate of drug-likeness (QED) is 0.824. The third-order valence-electron chi connectivity index (χ3n) is 3.69. The van der Waals surface area contributed by atoms with E-state index in [1.54, 1.807) is 30.1 Å². The van der Waals surface area contributed by atoms with Gasteiger partial charge in [-0.15, -0.1) is 12.6 Å². The van der Waals surface area contributed by atoms with E-state index >= 15 is 0 Å². The van der Waals surface area contributed by atoms with Crippen molar-refractivity contribution >= 4 is 30.1 Å². The molecule has 0 saturated heterocycles. The van der Waals surface area contributed by atoms with Crippen molar-refractivity contribution in [1.29, 1.82) is 0 Å². The topological polar surface area (TPSA) is 40.5 Å². The lowest BCUT2D eigenvalue weighted by Gasteiger charge is -2.35. The van der Waals surface area contributed by atoms with Crippen LogP contribution in [0.25, 0.3) is 0 Å². The zero-order valence-electron chi connectivity index (χ0n) is 10.8. The summed E-state index contributed by atoms with van der Waals surface area (Å²) in [4.78, 5) is 14.8. The van der Waals surface area contributed by atoms with Crippen molar-refractivity contribution in [3.05, 3.63) is 28.8 Å². The minimum Gasteiger partial charge on any atom is -0.391 e. The fourth-order valence-electron chi connectivity index (χ4n) is 2.56. The highest BCUT2D eigenvalue weighted by molar-refractivity contribution is 7.80. The number of hydrogen-bond donors (Lipinski definition) is 2. The Morgan fingerprint density at radius 3 is 2.79 bits per heavy atom. The molecule has 3 nitrogen and oxygen atoms in total. The van der Waals surface area contributed by atoms with Gasteiger partial charge in [0.05, 0.1) is 22.7 Å². The molecule has 1 fully saturated rings. The maximum atomic E-state index is 12.5. The van der Waals surface area contributed by atoms with E-state index in [0.717, 1.165) is 25.7 Å². The molecule has 1 aromatic rings. The lowest BCUT2D eigenvalue weighted by Crippen LogP contribution is -2.46. The highest BCUT2D eigenvalue weighted by Crippen LogP contribution is 2.26. The zero-order valence-corrected chi connectivity index (χ0v) is 12.5. The minimum atomic E-state index is -0.444. The van der Waals surface area contributed by atoms with Crippen molar-refractivity contribution in [2.45, 2.75) is 42.7 Å². The number of aliphatic hydroxyl groups is 1. The second-order valence-corrected chi connectivity index (χ2v) is 5.92. The number of halogens is 1. The van der Waals surface area contributed by atoms with Crippen molar-refractivity contribution < 1.29 is 9.90 Å². The fourth-order valence-corrected chi connectivity index (χ4v) is 2.96. The fraction of sp³-hybridized carbons (Fsp3) is 0.500. The van der Waals surface area contributed by atoms with Crippen LogP contribution in [-0.4, -0.2) is 35.1 Å². The molecule has 0 heterocycles. The van der Waals surface area contributed by atoms with E-state index in [1.165, 1.54) is 0 Å². The van der Waals surface area contributed by atoms with Gasteiger partial charge < -0.3 is 10.0 Å². The van der Waals surface area contributed by atoms with Crippen LogP contribution in [0.15, 0.2) is 23.1 Å². The molecule has 1 aromatic carbocycles. The average Bonchev–Trinajstić information content (AvgIpc) is 2.40. The second-order valence-electron chi connectivity index (χ2n) is 5.00. The van der Waals surface area contributed by atoms with E-state index < -0.39 is 6.10 Å². The summed E-state index contributed by atoms with van der Waals surface area (Å²) in [6.45, 7) is 0. The van der Waals surface area contributed by atoms with Crippen molar-refractivity contribution in [3.63, 3.8) is 0 Å². The molecule has 0 radical (unpaired) electrons. The molecule has 5 heteroatoms. The summed E-state index contributed by atoms with van der Waals surface area (Å²) < 4.78 is 0. The van der Waals surface area contributed by atoms with E-state index in [1.807, 2.05) is 0 Å². The van der Waals surface area contributed by atoms with Crippen LogP contribution in [0, 0.1) is 0 Å². The van der Waals surface area contributed by atoms with Crippen LogP contribution in [0.1, 0.15) is 36.0 Å². The molecule has 1 aliphatic carbocycles. The van der Waals surface area contributed by atoms with Crippen molar-refractivity contribution in [2.75, 3.05) is 7.05 Å². The predicted octanol–water partition coefficient (Wildman–Crippen LogP) is 3.00. The largest absolute Gasteiger partial charge is 0.391 e. The number of benzene rings is 1. The van der Waals surface area contributed by atoms with E-state index in [-0.39, 0.29) is 11.9 Å². The lowest BCUT2D eigenvalue weighted by atomic mass is 9.91. The molecule has 2 unspecified atom stereocenters. The van der Waals surface area contributed by atoms with Crippen LogP contribution in [0.4, 0.5) is 0 Å². The SMILES string of the molecule is CN(C(=O)c1cc(S)ccc1Cl)C1CCCCC1O. The number of carbonyl (C=O) groups excluding carboxylic acids is 1. The van der Waals surface area contributed by atoms with Gasteiger partial charge in [-0.25, -0.2) is 0 Å². The van der Waals surface area contributed by atoms with Gasteiger partial charge >= 0.3 is 0 Å². The summed E-state index contributed by atoms with van der Waals surface area (Å²) in [5.41, 5.74) is 0.439. The number of likely N-dealkylation sites (N-methyl/N-ethyl adjacent to an activating group) is 1. The number of amides is 1. The van der Waals surface area contributed by atoms with Crippen LogP contribution >= 0.6 is 24.2 Å². The van der Waals surface area contributed by atoms with Gasteiger partial charge in [-0.3, -0.25) is 4.79 Å². The van der Waals surface area contributed by atoms with E-state index in [9.17, 15) is 9.90 Å². The number of rotatable bonds is 2. The van der Waals surface area contributed by atoms with Gasteiger partial charge in [0, 0.05) is 11.9 Å². The Morgan fingerprint density at radius 1 is 1.42 bits per heavy atom. The van der Waals surface area contributed by atoms with Crippen LogP contribution in [0.3, 0.4) is 0 Å². The number of nitrogens with zero attached hydrogens (tertiary/aromatic N) is 1. The molecule has 0 bridgehead atoms. The Hall–Kier alpha value is -0.710. The molecule has 2 atom stereocenters. The zero-order chi connectivity index (χ0) is 14.0. The normalized spacial score (nSPS) is 23.2. The molecule has 0 spiro atoms. The summed E-state index contributed by atoms with van der Waals surface area (Å²) in [7, 11) is 1.73. The van der Waals surface area contributed by atoms with Crippen molar-refractivity contribution in [1.82, 2.24) is 4.90 Å². The van der Waals surface area contributed by atoms with Gasteiger partial charge in [-0.05, 0) is 31.0 Å². The van der Waals surface area contributed by atoms with Crippen LogP contribution in [-0.2, 0) is 0 Å². The molecule has 1 N–H and O–H groups in total. The standard InChI is InChI=1S/C14H18ClNO2S/c1-16(12-4-2-3-5-13(12)17)14(18)10-8-9(19)6-7-11(10)15/h6-8,12-13,17,19H,2-5H2,1H3. The highest BCUT2D eigenvalue weighted by atomic mass is 35.5. The Bertz CT molecular complexity index is 481. The van der Waals surface area contributed by atoms with Gasteiger partial charge in [-0.1, -0.05) is 24.4 Å². The molecule has 1 amide bonds. The third-order valence-corrected chi connectivity index (χ3v) is 4.30. The third kappa shape index (κ3) is 3.25. The Labute approximate surface area is 124 Å². The maximum Gasteiger partial charge on any atom is 0.255 e. The van der Waals surface area contributed by atoms with E-state index in [2.05, 4.69) is 12.6 Å². The smallest absolute Gasteiger partial charge is 0.255 e. The number of aliphatic hydroxyl groups excluding tert-OH is 1.